The van der Waals surface area contributed by atoms with Crippen LogP contribution < -0.4 is 0 Å². The zero-order chi connectivity index (χ0) is 8.27. The molecule has 0 saturated carbocycles. The second-order valence-corrected chi connectivity index (χ2v) is 4.84. The molecule has 2 atom stereocenters. The molecule has 1 saturated heterocycles. The molecule has 64 valence electrons. The molecule has 1 fully saturated rings. The first-order valence-electron chi connectivity index (χ1n) is 3.30. The van der Waals surface area contributed by atoms with Crippen LogP contribution in [0.25, 0.3) is 0 Å². The Hall–Kier alpha value is 0.130. The fourth-order valence-corrected chi connectivity index (χ4v) is 3.15. The molecule has 11 heavy (non-hydrogen) atoms. The van der Waals surface area contributed by atoms with E-state index in [9.17, 15) is 9.90 Å². The van der Waals surface area contributed by atoms with Gasteiger partial charge < -0.3 is 9.84 Å². The molecule has 0 bridgehead atoms. The van der Waals surface area contributed by atoms with Gasteiger partial charge in [-0.3, -0.25) is 4.79 Å². The molecule has 5 heteroatoms. The van der Waals surface area contributed by atoms with Crippen molar-refractivity contribution < 1.29 is 14.6 Å². The number of aliphatic hydroxyl groups excluding tert-OH is 1. The van der Waals surface area contributed by atoms with Gasteiger partial charge in [0.2, 0.25) is 0 Å². The highest BCUT2D eigenvalue weighted by atomic mass is 33.1. The Morgan fingerprint density at radius 2 is 2.18 bits per heavy atom. The molecule has 1 aliphatic rings. The van der Waals surface area contributed by atoms with E-state index in [1.165, 1.54) is 6.92 Å². The summed E-state index contributed by atoms with van der Waals surface area (Å²) in [5.41, 5.74) is 0. The van der Waals surface area contributed by atoms with Gasteiger partial charge in [0.15, 0.2) is 0 Å². The number of rotatable bonds is 1. The molecule has 0 unspecified atom stereocenters. The fraction of sp³-hybridized carbons (Fsp3) is 0.833. The van der Waals surface area contributed by atoms with Crippen LogP contribution in [0.2, 0.25) is 0 Å². The van der Waals surface area contributed by atoms with Crippen molar-refractivity contribution in [3.63, 3.8) is 0 Å². The lowest BCUT2D eigenvalue weighted by molar-refractivity contribution is -0.149. The van der Waals surface area contributed by atoms with E-state index in [4.69, 9.17) is 4.74 Å². The van der Waals surface area contributed by atoms with Crippen molar-refractivity contribution in [1.29, 1.82) is 0 Å². The average molecular weight is 194 g/mol. The Kier molecular flexibility index (Phi) is 3.54. The maximum atomic E-state index is 10.5. The van der Waals surface area contributed by atoms with Gasteiger partial charge >= 0.3 is 5.97 Å². The Labute approximate surface area is 73.3 Å². The molecule has 0 amide bonds. The minimum Gasteiger partial charge on any atom is -0.459 e. The van der Waals surface area contributed by atoms with Gasteiger partial charge in [-0.25, -0.2) is 0 Å². The monoisotopic (exact) mass is 194 g/mol. The van der Waals surface area contributed by atoms with Gasteiger partial charge in [0.05, 0.1) is 0 Å². The molecule has 3 nitrogen and oxygen atoms in total. The third-order valence-electron chi connectivity index (χ3n) is 1.30. The molecule has 1 rings (SSSR count). The molecule has 0 aromatic heterocycles. The second-order valence-electron chi connectivity index (χ2n) is 2.28. The quantitative estimate of drug-likeness (QED) is 0.491. The number of aliphatic hydroxyl groups is 1. The minimum absolute atomic E-state index is 0.307. The van der Waals surface area contributed by atoms with Crippen LogP contribution in [0.15, 0.2) is 0 Å². The zero-order valence-electron chi connectivity index (χ0n) is 6.15. The van der Waals surface area contributed by atoms with E-state index in [0.717, 1.165) is 0 Å². The number of carbonyl (C=O) groups is 1. The normalized spacial score (nSPS) is 31.5. The van der Waals surface area contributed by atoms with Gasteiger partial charge in [-0.15, -0.1) is 0 Å². The first-order chi connectivity index (χ1) is 5.20. The Balaban J connectivity index is 2.35. The highest BCUT2D eigenvalue weighted by Gasteiger charge is 2.26. The number of esters is 1. The smallest absolute Gasteiger partial charge is 0.303 e. The van der Waals surface area contributed by atoms with Crippen LogP contribution in [0.1, 0.15) is 6.92 Å². The van der Waals surface area contributed by atoms with Crippen molar-refractivity contribution in [2.45, 2.75) is 19.1 Å². The predicted octanol–water partition coefficient (Wildman–Crippen LogP) is 0.674. The minimum atomic E-state index is -0.495. The summed E-state index contributed by atoms with van der Waals surface area (Å²) in [5.74, 6) is 1.01. The van der Waals surface area contributed by atoms with E-state index >= 15 is 0 Å². The number of carbonyl (C=O) groups excluding carboxylic acids is 1. The molecule has 0 aromatic carbocycles. The summed E-state index contributed by atoms with van der Waals surface area (Å²) in [7, 11) is 3.24. The number of hydrogen-bond acceptors (Lipinski definition) is 5. The lowest BCUT2D eigenvalue weighted by Gasteiger charge is -2.25. The molecule has 1 aliphatic heterocycles. The van der Waals surface area contributed by atoms with Crippen molar-refractivity contribution in [2.75, 3.05) is 11.5 Å². The van der Waals surface area contributed by atoms with Gasteiger partial charge in [-0.05, 0) is 0 Å². The van der Waals surface area contributed by atoms with Crippen LogP contribution >= 0.6 is 21.6 Å². The van der Waals surface area contributed by atoms with Gasteiger partial charge in [0, 0.05) is 18.4 Å². The lowest BCUT2D eigenvalue weighted by Crippen LogP contribution is -2.36. The summed E-state index contributed by atoms with van der Waals surface area (Å²) in [6, 6.07) is 0. The molecule has 0 radical (unpaired) electrons. The second kappa shape index (κ2) is 4.23. The van der Waals surface area contributed by atoms with E-state index < -0.39 is 6.10 Å². The summed E-state index contributed by atoms with van der Waals surface area (Å²) in [5, 5.41) is 9.31. The maximum Gasteiger partial charge on any atom is 0.303 e. The molecule has 0 aromatic rings. The first kappa shape index (κ1) is 9.22. The van der Waals surface area contributed by atoms with Crippen LogP contribution in [-0.4, -0.2) is 34.8 Å². The van der Waals surface area contributed by atoms with Crippen molar-refractivity contribution in [2.24, 2.45) is 0 Å². The topological polar surface area (TPSA) is 46.5 Å². The summed E-state index contributed by atoms with van der Waals surface area (Å²) < 4.78 is 4.88. The Bertz CT molecular complexity index is 151. The van der Waals surface area contributed by atoms with E-state index in [1.54, 1.807) is 21.6 Å². The molecule has 0 aliphatic carbocycles. The van der Waals surface area contributed by atoms with Crippen molar-refractivity contribution in [3.05, 3.63) is 0 Å². The standard InChI is InChI=1S/C6H10O3S2/c1-4(7)9-6-3-11-10-2-5(6)8/h5-6,8H,2-3H2,1H3/t5-,6-/m0/s1. The Morgan fingerprint density at radius 3 is 2.73 bits per heavy atom. The first-order valence-corrected chi connectivity index (χ1v) is 5.78. The van der Waals surface area contributed by atoms with Crippen LogP contribution in [0.3, 0.4) is 0 Å². The van der Waals surface area contributed by atoms with Crippen LogP contribution in [-0.2, 0) is 9.53 Å². The highest BCUT2D eigenvalue weighted by Crippen LogP contribution is 2.30. The third kappa shape index (κ3) is 2.92. The lowest BCUT2D eigenvalue weighted by atomic mass is 10.2. The third-order valence-corrected chi connectivity index (χ3v) is 3.73. The summed E-state index contributed by atoms with van der Waals surface area (Å²) in [6.45, 7) is 1.36. The SMILES string of the molecule is CC(=O)O[C@H]1CSSC[C@@H]1O. The van der Waals surface area contributed by atoms with Crippen LogP contribution in [0.5, 0.6) is 0 Å². The molecular formula is C6H10O3S2. The summed E-state index contributed by atoms with van der Waals surface area (Å²) >= 11 is 0. The Morgan fingerprint density at radius 1 is 1.55 bits per heavy atom. The van der Waals surface area contributed by atoms with E-state index in [1.807, 2.05) is 0 Å². The van der Waals surface area contributed by atoms with Crippen molar-refractivity contribution in [3.8, 4) is 0 Å². The number of hydrogen-bond donors (Lipinski definition) is 1. The maximum absolute atomic E-state index is 10.5. The van der Waals surface area contributed by atoms with Gasteiger partial charge in [-0.2, -0.15) is 0 Å². The molecule has 1 N–H and O–H groups in total. The van der Waals surface area contributed by atoms with E-state index in [0.29, 0.717) is 11.5 Å². The zero-order valence-corrected chi connectivity index (χ0v) is 7.78. The van der Waals surface area contributed by atoms with E-state index in [-0.39, 0.29) is 12.1 Å². The van der Waals surface area contributed by atoms with Crippen LogP contribution in [0, 0.1) is 0 Å². The summed E-state index contributed by atoms with van der Waals surface area (Å²) in [6.07, 6.45) is -0.802. The van der Waals surface area contributed by atoms with Crippen molar-refractivity contribution in [1.82, 2.24) is 0 Å². The summed E-state index contributed by atoms with van der Waals surface area (Å²) in [4.78, 5) is 10.5. The molecular weight excluding hydrogens is 184 g/mol. The fourth-order valence-electron chi connectivity index (χ4n) is 0.777. The van der Waals surface area contributed by atoms with Crippen molar-refractivity contribution >= 4 is 27.6 Å². The molecule has 0 spiro atoms. The van der Waals surface area contributed by atoms with Gasteiger partial charge in [-0.1, -0.05) is 21.6 Å². The predicted molar refractivity (Wildman–Crippen MR) is 46.5 cm³/mol. The van der Waals surface area contributed by atoms with Crippen LogP contribution in [0.4, 0.5) is 0 Å². The van der Waals surface area contributed by atoms with E-state index in [2.05, 4.69) is 0 Å². The molecule has 1 heterocycles. The van der Waals surface area contributed by atoms with Gasteiger partial charge in [0.1, 0.15) is 12.2 Å². The average Bonchev–Trinajstić information content (AvgIpc) is 1.93. The number of ether oxygens (including phenoxy) is 1. The largest absolute Gasteiger partial charge is 0.459 e. The highest BCUT2D eigenvalue weighted by molar-refractivity contribution is 8.76. The van der Waals surface area contributed by atoms with Gasteiger partial charge in [0.25, 0.3) is 0 Å².